The summed E-state index contributed by atoms with van der Waals surface area (Å²) in [6.07, 6.45) is 10.7. The Hall–Kier alpha value is -0.570. The molecule has 0 aromatic carbocycles. The number of carbonyl (C=O) groups is 1. The van der Waals surface area contributed by atoms with E-state index in [4.69, 9.17) is 4.74 Å². The zero-order valence-corrected chi connectivity index (χ0v) is 12.1. The molecule has 1 rings (SSSR count). The molecule has 1 atom stereocenters. The molecule has 0 saturated carbocycles. The van der Waals surface area contributed by atoms with E-state index in [0.29, 0.717) is 0 Å². The third kappa shape index (κ3) is 7.00. The molecule has 0 aromatic heterocycles. The predicted molar refractivity (Wildman–Crippen MR) is 74.6 cm³/mol. The predicted octanol–water partition coefficient (Wildman–Crippen LogP) is 3.37. The molecule has 0 aliphatic carbocycles. The topological polar surface area (TPSA) is 29.5 Å². The lowest BCUT2D eigenvalue weighted by Gasteiger charge is -2.15. The minimum absolute atomic E-state index is 0.141. The van der Waals surface area contributed by atoms with Crippen LogP contribution in [0.1, 0.15) is 65.2 Å². The SMILES string of the molecule is CCCCCCCCCN1CCC(OC(C)=O)C1. The number of ether oxygens (including phenoxy) is 1. The highest BCUT2D eigenvalue weighted by Crippen LogP contribution is 2.14. The first-order chi connectivity index (χ1) is 8.72. The third-order valence-electron chi connectivity index (χ3n) is 3.64. The van der Waals surface area contributed by atoms with Crippen molar-refractivity contribution in [1.29, 1.82) is 0 Å². The summed E-state index contributed by atoms with van der Waals surface area (Å²) < 4.78 is 5.23. The van der Waals surface area contributed by atoms with Gasteiger partial charge in [0, 0.05) is 20.0 Å². The summed E-state index contributed by atoms with van der Waals surface area (Å²) >= 11 is 0. The highest BCUT2D eigenvalue weighted by atomic mass is 16.5. The van der Waals surface area contributed by atoms with Crippen molar-refractivity contribution in [3.05, 3.63) is 0 Å². The lowest BCUT2D eigenvalue weighted by atomic mass is 10.1. The van der Waals surface area contributed by atoms with Crippen LogP contribution in [0.2, 0.25) is 0 Å². The number of unbranched alkanes of at least 4 members (excludes halogenated alkanes) is 6. The van der Waals surface area contributed by atoms with Gasteiger partial charge >= 0.3 is 5.97 Å². The summed E-state index contributed by atoms with van der Waals surface area (Å²) in [6.45, 7) is 6.96. The van der Waals surface area contributed by atoms with Crippen molar-refractivity contribution in [2.75, 3.05) is 19.6 Å². The molecule has 1 aliphatic rings. The van der Waals surface area contributed by atoms with Gasteiger partial charge in [-0.3, -0.25) is 9.69 Å². The fraction of sp³-hybridized carbons (Fsp3) is 0.933. The second-order valence-corrected chi connectivity index (χ2v) is 5.44. The smallest absolute Gasteiger partial charge is 0.302 e. The van der Waals surface area contributed by atoms with E-state index in [-0.39, 0.29) is 12.1 Å². The number of hydrogen-bond acceptors (Lipinski definition) is 3. The quantitative estimate of drug-likeness (QED) is 0.467. The highest BCUT2D eigenvalue weighted by molar-refractivity contribution is 5.66. The fourth-order valence-corrected chi connectivity index (χ4v) is 2.62. The van der Waals surface area contributed by atoms with Crippen LogP contribution in [-0.2, 0) is 9.53 Å². The van der Waals surface area contributed by atoms with E-state index in [0.717, 1.165) is 19.5 Å². The standard InChI is InChI=1S/C15H29NO2/c1-3-4-5-6-7-8-9-11-16-12-10-15(13-16)18-14(2)17/h15H,3-13H2,1-2H3. The summed E-state index contributed by atoms with van der Waals surface area (Å²) in [4.78, 5) is 13.3. The van der Waals surface area contributed by atoms with Gasteiger partial charge in [-0.15, -0.1) is 0 Å². The molecule has 0 spiro atoms. The van der Waals surface area contributed by atoms with Crippen molar-refractivity contribution in [2.45, 2.75) is 71.3 Å². The molecule has 0 N–H and O–H groups in total. The Balaban J connectivity index is 1.92. The second kappa shape index (κ2) is 9.37. The average Bonchev–Trinajstić information content (AvgIpc) is 2.75. The number of likely N-dealkylation sites (tertiary alicyclic amines) is 1. The molecule has 18 heavy (non-hydrogen) atoms. The molecule has 3 heteroatoms. The maximum atomic E-state index is 10.9. The summed E-state index contributed by atoms with van der Waals surface area (Å²) in [6, 6.07) is 0. The summed E-state index contributed by atoms with van der Waals surface area (Å²) in [5, 5.41) is 0. The molecule has 1 heterocycles. The van der Waals surface area contributed by atoms with Gasteiger partial charge < -0.3 is 4.74 Å². The van der Waals surface area contributed by atoms with Crippen LogP contribution in [-0.4, -0.2) is 36.6 Å². The van der Waals surface area contributed by atoms with E-state index in [9.17, 15) is 4.79 Å². The lowest BCUT2D eigenvalue weighted by molar-refractivity contribution is -0.145. The molecule has 106 valence electrons. The Kier molecular flexibility index (Phi) is 8.06. The van der Waals surface area contributed by atoms with E-state index >= 15 is 0 Å². The summed E-state index contributed by atoms with van der Waals surface area (Å²) in [7, 11) is 0. The Bertz CT molecular complexity index is 231. The zero-order chi connectivity index (χ0) is 13.2. The fourth-order valence-electron chi connectivity index (χ4n) is 2.62. The van der Waals surface area contributed by atoms with Crippen LogP contribution in [0.3, 0.4) is 0 Å². The van der Waals surface area contributed by atoms with Crippen LogP contribution in [0.15, 0.2) is 0 Å². The molecular weight excluding hydrogens is 226 g/mol. The molecular formula is C15H29NO2. The number of rotatable bonds is 9. The number of carbonyl (C=O) groups excluding carboxylic acids is 1. The normalized spacial score (nSPS) is 20.2. The van der Waals surface area contributed by atoms with Gasteiger partial charge in [0.2, 0.25) is 0 Å². The Morgan fingerprint density at radius 3 is 2.50 bits per heavy atom. The molecule has 0 amide bonds. The van der Waals surface area contributed by atoms with E-state index in [1.807, 2.05) is 0 Å². The van der Waals surface area contributed by atoms with E-state index in [1.165, 1.54) is 58.4 Å². The maximum absolute atomic E-state index is 10.9. The third-order valence-corrected chi connectivity index (χ3v) is 3.64. The van der Waals surface area contributed by atoms with E-state index in [2.05, 4.69) is 11.8 Å². The molecule has 0 aromatic rings. The van der Waals surface area contributed by atoms with Crippen LogP contribution in [0.4, 0.5) is 0 Å². The number of esters is 1. The first-order valence-corrected chi connectivity index (χ1v) is 7.62. The van der Waals surface area contributed by atoms with Gasteiger partial charge in [-0.05, 0) is 19.4 Å². The highest BCUT2D eigenvalue weighted by Gasteiger charge is 2.23. The van der Waals surface area contributed by atoms with Crippen molar-refractivity contribution in [2.24, 2.45) is 0 Å². The van der Waals surface area contributed by atoms with Gasteiger partial charge in [0.25, 0.3) is 0 Å². The Morgan fingerprint density at radius 2 is 1.83 bits per heavy atom. The zero-order valence-electron chi connectivity index (χ0n) is 12.1. The average molecular weight is 255 g/mol. The summed E-state index contributed by atoms with van der Waals surface area (Å²) in [5.41, 5.74) is 0. The van der Waals surface area contributed by atoms with Crippen molar-refractivity contribution < 1.29 is 9.53 Å². The maximum Gasteiger partial charge on any atom is 0.302 e. The molecule has 1 aliphatic heterocycles. The molecule has 1 saturated heterocycles. The molecule has 3 nitrogen and oxygen atoms in total. The monoisotopic (exact) mass is 255 g/mol. The van der Waals surface area contributed by atoms with Crippen LogP contribution in [0.5, 0.6) is 0 Å². The van der Waals surface area contributed by atoms with Crippen molar-refractivity contribution in [1.82, 2.24) is 4.90 Å². The van der Waals surface area contributed by atoms with Crippen molar-refractivity contribution in [3.63, 3.8) is 0 Å². The Labute approximate surface area is 112 Å². The van der Waals surface area contributed by atoms with Gasteiger partial charge in [0.1, 0.15) is 6.10 Å². The number of hydrogen-bond donors (Lipinski definition) is 0. The second-order valence-electron chi connectivity index (χ2n) is 5.44. The van der Waals surface area contributed by atoms with Gasteiger partial charge in [0.05, 0.1) is 0 Å². The molecule has 1 fully saturated rings. The first kappa shape index (κ1) is 15.5. The van der Waals surface area contributed by atoms with Gasteiger partial charge in [-0.25, -0.2) is 0 Å². The largest absolute Gasteiger partial charge is 0.461 e. The van der Waals surface area contributed by atoms with Crippen LogP contribution in [0, 0.1) is 0 Å². The molecule has 0 bridgehead atoms. The van der Waals surface area contributed by atoms with Crippen LogP contribution < -0.4 is 0 Å². The van der Waals surface area contributed by atoms with Crippen molar-refractivity contribution >= 4 is 5.97 Å². The molecule has 0 radical (unpaired) electrons. The first-order valence-electron chi connectivity index (χ1n) is 7.62. The molecule has 1 unspecified atom stereocenters. The minimum atomic E-state index is -0.141. The van der Waals surface area contributed by atoms with Gasteiger partial charge in [0.15, 0.2) is 0 Å². The van der Waals surface area contributed by atoms with Gasteiger partial charge in [-0.2, -0.15) is 0 Å². The van der Waals surface area contributed by atoms with E-state index < -0.39 is 0 Å². The minimum Gasteiger partial charge on any atom is -0.461 e. The number of nitrogens with zero attached hydrogens (tertiary/aromatic N) is 1. The summed E-state index contributed by atoms with van der Waals surface area (Å²) in [5.74, 6) is -0.141. The lowest BCUT2D eigenvalue weighted by Crippen LogP contribution is -2.25. The van der Waals surface area contributed by atoms with Crippen molar-refractivity contribution in [3.8, 4) is 0 Å². The van der Waals surface area contributed by atoms with Crippen LogP contribution in [0.25, 0.3) is 0 Å². The van der Waals surface area contributed by atoms with E-state index in [1.54, 1.807) is 0 Å². The Morgan fingerprint density at radius 1 is 1.17 bits per heavy atom. The van der Waals surface area contributed by atoms with Gasteiger partial charge in [-0.1, -0.05) is 45.4 Å². The van der Waals surface area contributed by atoms with Crippen LogP contribution >= 0.6 is 0 Å².